The Kier molecular flexibility index (Phi) is 4.24. The van der Waals surface area contributed by atoms with Gasteiger partial charge in [0, 0.05) is 18.4 Å². The van der Waals surface area contributed by atoms with Gasteiger partial charge in [0.1, 0.15) is 18.5 Å². The normalized spacial score (nSPS) is 40.3. The van der Waals surface area contributed by atoms with Gasteiger partial charge in [-0.2, -0.15) is 0 Å². The van der Waals surface area contributed by atoms with Crippen LogP contribution in [-0.2, 0) is 19.0 Å². The van der Waals surface area contributed by atoms with Crippen LogP contribution in [-0.4, -0.2) is 47.1 Å². The maximum Gasteiger partial charge on any atom is 0.341 e. The molecule has 0 saturated carbocycles. The lowest BCUT2D eigenvalue weighted by molar-refractivity contribution is -0.137. The van der Waals surface area contributed by atoms with Crippen LogP contribution in [0.4, 0.5) is 0 Å². The Hall–Kier alpha value is -2.38. The third kappa shape index (κ3) is 3.21. The molecule has 0 aromatic carbocycles. The molecule has 7 nitrogen and oxygen atoms in total. The number of epoxide rings is 1. The van der Waals surface area contributed by atoms with E-state index in [0.29, 0.717) is 24.0 Å². The van der Waals surface area contributed by atoms with E-state index in [0.717, 1.165) is 0 Å². The van der Waals surface area contributed by atoms with Gasteiger partial charge in [-0.25, -0.2) is 9.59 Å². The lowest BCUT2D eigenvalue weighted by Crippen LogP contribution is -2.37. The van der Waals surface area contributed by atoms with Crippen LogP contribution in [0.2, 0.25) is 0 Å². The second-order valence-electron chi connectivity index (χ2n) is 7.66. The van der Waals surface area contributed by atoms with Crippen LogP contribution in [0.1, 0.15) is 37.0 Å². The molecule has 3 aliphatic rings. The van der Waals surface area contributed by atoms with E-state index in [1.165, 1.54) is 18.6 Å². The van der Waals surface area contributed by atoms with Crippen molar-refractivity contribution in [2.45, 2.75) is 56.7 Å². The van der Waals surface area contributed by atoms with E-state index < -0.39 is 41.8 Å². The average molecular weight is 374 g/mol. The summed E-state index contributed by atoms with van der Waals surface area (Å²) in [5.41, 5.74) is 0.688. The zero-order valence-corrected chi connectivity index (χ0v) is 15.2. The number of aliphatic hydroxyl groups is 1. The van der Waals surface area contributed by atoms with Gasteiger partial charge in [-0.1, -0.05) is 6.58 Å². The fraction of sp³-hybridized carbons (Fsp3) is 0.500. The maximum atomic E-state index is 12.5. The molecule has 3 heterocycles. The number of ether oxygens (including phenoxy) is 3. The molecule has 144 valence electrons. The number of aliphatic hydroxyl groups excluding tert-OH is 1. The van der Waals surface area contributed by atoms with Crippen molar-refractivity contribution in [3.8, 4) is 0 Å². The van der Waals surface area contributed by atoms with Gasteiger partial charge in [-0.15, -0.1) is 0 Å². The summed E-state index contributed by atoms with van der Waals surface area (Å²) in [5, 5.41) is 10.4. The summed E-state index contributed by atoms with van der Waals surface area (Å²) >= 11 is 0. The monoisotopic (exact) mass is 374 g/mol. The van der Waals surface area contributed by atoms with E-state index in [9.17, 15) is 14.7 Å². The lowest BCUT2D eigenvalue weighted by atomic mass is 9.82. The molecule has 27 heavy (non-hydrogen) atoms. The number of fused-ring (bicyclic) bond motifs is 2. The highest BCUT2D eigenvalue weighted by Crippen LogP contribution is 2.48. The Morgan fingerprint density at radius 3 is 2.93 bits per heavy atom. The Labute approximate surface area is 156 Å². The Bertz CT molecular complexity index is 808. The van der Waals surface area contributed by atoms with Crippen molar-refractivity contribution in [1.82, 2.24) is 0 Å². The summed E-state index contributed by atoms with van der Waals surface area (Å²) in [7, 11) is 0. The third-order valence-corrected chi connectivity index (χ3v) is 5.71. The highest BCUT2D eigenvalue weighted by Gasteiger charge is 2.57. The van der Waals surface area contributed by atoms with Crippen LogP contribution in [0.3, 0.4) is 0 Å². The van der Waals surface area contributed by atoms with E-state index in [4.69, 9.17) is 18.6 Å². The van der Waals surface area contributed by atoms with Gasteiger partial charge in [0.15, 0.2) is 0 Å². The van der Waals surface area contributed by atoms with Gasteiger partial charge < -0.3 is 23.7 Å². The molecular formula is C20H22O7. The first-order valence-corrected chi connectivity index (χ1v) is 8.95. The molecule has 2 saturated heterocycles. The second-order valence-corrected chi connectivity index (χ2v) is 7.66. The largest absolute Gasteiger partial charge is 0.472 e. The predicted octanol–water partition coefficient (Wildman–Crippen LogP) is 2.16. The molecule has 2 fully saturated rings. The fourth-order valence-electron chi connectivity index (χ4n) is 3.93. The van der Waals surface area contributed by atoms with Crippen molar-refractivity contribution in [2.75, 3.05) is 0 Å². The van der Waals surface area contributed by atoms with Crippen LogP contribution in [0.15, 0.2) is 46.8 Å². The van der Waals surface area contributed by atoms with Gasteiger partial charge in [-0.3, -0.25) is 0 Å². The first-order chi connectivity index (χ1) is 12.8. The van der Waals surface area contributed by atoms with Gasteiger partial charge in [0.2, 0.25) is 0 Å². The molecule has 0 unspecified atom stereocenters. The lowest BCUT2D eigenvalue weighted by Gasteiger charge is -2.28. The molecule has 1 aliphatic carbocycles. The highest BCUT2D eigenvalue weighted by molar-refractivity contribution is 5.92. The number of carbonyl (C=O) groups excluding carboxylic acids is 2. The first-order valence-electron chi connectivity index (χ1n) is 8.95. The third-order valence-electron chi connectivity index (χ3n) is 5.71. The summed E-state index contributed by atoms with van der Waals surface area (Å²) in [5.74, 6) is -1.61. The number of rotatable bonds is 2. The van der Waals surface area contributed by atoms with Crippen LogP contribution in [0.5, 0.6) is 0 Å². The molecule has 0 bridgehead atoms. The number of esters is 2. The smallest absolute Gasteiger partial charge is 0.341 e. The van der Waals surface area contributed by atoms with Crippen molar-refractivity contribution in [1.29, 1.82) is 0 Å². The minimum atomic E-state index is -0.685. The van der Waals surface area contributed by atoms with Crippen molar-refractivity contribution in [2.24, 2.45) is 5.92 Å². The molecule has 0 amide bonds. The molecule has 1 aromatic rings. The molecule has 2 aliphatic heterocycles. The van der Waals surface area contributed by atoms with E-state index in [1.54, 1.807) is 13.0 Å². The van der Waals surface area contributed by atoms with Gasteiger partial charge in [0.05, 0.1) is 35.6 Å². The molecule has 7 heteroatoms. The minimum absolute atomic E-state index is 0.145. The van der Waals surface area contributed by atoms with Crippen LogP contribution >= 0.6 is 0 Å². The van der Waals surface area contributed by atoms with Crippen molar-refractivity contribution in [3.05, 3.63) is 48.0 Å². The number of carbonyl (C=O) groups is 2. The Morgan fingerprint density at radius 1 is 1.44 bits per heavy atom. The number of hydrogen-bond acceptors (Lipinski definition) is 7. The van der Waals surface area contributed by atoms with Crippen LogP contribution in [0, 0.1) is 5.92 Å². The summed E-state index contributed by atoms with van der Waals surface area (Å²) in [6.45, 7) is 7.55. The standard InChI is InChI=1S/C20H22O7/c1-10-6-14-17(11(2)18(22)25-14)15(26-19(23)12-4-5-24-9-12)8-20(3)16(27-20)7-13(10)21/h4-6,9,13-17,21H,2,7-8H2,1,3H3/b10-6-/t13-,14-,15+,16+,17-,20+/m0/s1. The van der Waals surface area contributed by atoms with Crippen molar-refractivity contribution >= 4 is 11.9 Å². The van der Waals surface area contributed by atoms with Gasteiger partial charge in [-0.05, 0) is 31.6 Å². The first kappa shape index (κ1) is 18.0. The summed E-state index contributed by atoms with van der Waals surface area (Å²) in [6, 6.07) is 1.52. The van der Waals surface area contributed by atoms with Crippen molar-refractivity contribution < 1.29 is 33.3 Å². The Balaban J connectivity index is 1.69. The van der Waals surface area contributed by atoms with E-state index in [-0.39, 0.29) is 11.7 Å². The zero-order valence-electron chi connectivity index (χ0n) is 15.2. The SMILES string of the molecule is C=C1C(=O)O[C@H]2/C=C(/C)[C@@H](O)C[C@H]3O[C@]3(C)C[C@@H](OC(=O)c3ccoc3)[C@@H]12. The second kappa shape index (κ2) is 6.35. The zero-order chi connectivity index (χ0) is 19.3. The van der Waals surface area contributed by atoms with E-state index >= 15 is 0 Å². The maximum absolute atomic E-state index is 12.5. The Morgan fingerprint density at radius 2 is 2.22 bits per heavy atom. The number of hydrogen-bond donors (Lipinski definition) is 1. The fourth-order valence-corrected chi connectivity index (χ4v) is 3.93. The van der Waals surface area contributed by atoms with Crippen LogP contribution < -0.4 is 0 Å². The summed E-state index contributed by atoms with van der Waals surface area (Å²) in [4.78, 5) is 24.7. The van der Waals surface area contributed by atoms with Gasteiger partial charge in [0.25, 0.3) is 0 Å². The quantitative estimate of drug-likeness (QED) is 0.367. The molecule has 6 atom stereocenters. The molecule has 4 rings (SSSR count). The molecule has 1 aromatic heterocycles. The summed E-state index contributed by atoms with van der Waals surface area (Å²) in [6.07, 6.45) is 3.09. The molecule has 1 N–H and O–H groups in total. The predicted molar refractivity (Wildman–Crippen MR) is 92.7 cm³/mol. The average Bonchev–Trinajstić information content (AvgIpc) is 2.97. The van der Waals surface area contributed by atoms with Crippen LogP contribution in [0.25, 0.3) is 0 Å². The summed E-state index contributed by atoms with van der Waals surface area (Å²) < 4.78 is 22.0. The van der Waals surface area contributed by atoms with E-state index in [1.807, 2.05) is 6.92 Å². The van der Waals surface area contributed by atoms with Gasteiger partial charge >= 0.3 is 11.9 Å². The minimum Gasteiger partial charge on any atom is -0.472 e. The molecular weight excluding hydrogens is 352 g/mol. The van der Waals surface area contributed by atoms with Crippen molar-refractivity contribution in [3.63, 3.8) is 0 Å². The highest BCUT2D eigenvalue weighted by atomic mass is 16.6. The number of furan rings is 1. The molecule has 0 radical (unpaired) electrons. The topological polar surface area (TPSA) is 98.5 Å². The van der Waals surface area contributed by atoms with E-state index in [2.05, 4.69) is 6.58 Å². The molecule has 0 spiro atoms.